The van der Waals surface area contributed by atoms with Gasteiger partial charge in [-0.15, -0.1) is 11.3 Å². The minimum absolute atomic E-state index is 0.533. The Balaban J connectivity index is 1.81. The second kappa shape index (κ2) is 4.86. The van der Waals surface area contributed by atoms with Crippen molar-refractivity contribution in [1.29, 1.82) is 0 Å². The number of hydrogen-bond acceptors (Lipinski definition) is 4. The van der Waals surface area contributed by atoms with Crippen molar-refractivity contribution in [3.8, 4) is 0 Å². The van der Waals surface area contributed by atoms with Gasteiger partial charge in [-0.3, -0.25) is 4.90 Å². The largest absolute Gasteiger partial charge is 0.360 e. The molecule has 0 spiro atoms. The molecule has 96 valence electrons. The highest BCUT2D eigenvalue weighted by atomic mass is 32.1. The Morgan fingerprint density at radius 3 is 3.17 bits per heavy atom. The summed E-state index contributed by atoms with van der Waals surface area (Å²) >= 11 is 1.89. The van der Waals surface area contributed by atoms with E-state index >= 15 is 0 Å². The Hall–Kier alpha value is -1.13. The predicted octanol–water partition coefficient (Wildman–Crippen LogP) is 3.55. The quantitative estimate of drug-likeness (QED) is 0.847. The van der Waals surface area contributed by atoms with Crippen LogP contribution in [0.4, 0.5) is 0 Å². The average molecular weight is 262 g/mol. The van der Waals surface area contributed by atoms with Gasteiger partial charge in [-0.05, 0) is 36.8 Å². The number of thiophene rings is 1. The van der Waals surface area contributed by atoms with Crippen LogP contribution in [-0.4, -0.2) is 16.6 Å². The summed E-state index contributed by atoms with van der Waals surface area (Å²) in [6.07, 6.45) is 2.31. The number of nitrogens with zero attached hydrogens (tertiary/aromatic N) is 2. The first-order chi connectivity index (χ1) is 8.78. The van der Waals surface area contributed by atoms with E-state index in [1.165, 1.54) is 5.56 Å². The van der Waals surface area contributed by atoms with Crippen molar-refractivity contribution in [3.63, 3.8) is 0 Å². The van der Waals surface area contributed by atoms with Gasteiger partial charge in [-0.25, -0.2) is 0 Å². The first-order valence-electron chi connectivity index (χ1n) is 6.50. The Morgan fingerprint density at radius 2 is 2.44 bits per heavy atom. The molecule has 0 fully saturated rings. The molecule has 2 aromatic rings. The lowest BCUT2D eigenvalue weighted by Crippen LogP contribution is -2.33. The van der Waals surface area contributed by atoms with Crippen LogP contribution in [0.25, 0.3) is 0 Å². The molecule has 1 atom stereocenters. The zero-order valence-corrected chi connectivity index (χ0v) is 11.7. The molecule has 0 radical (unpaired) electrons. The lowest BCUT2D eigenvalue weighted by atomic mass is 9.98. The molecule has 1 aliphatic heterocycles. The van der Waals surface area contributed by atoms with Crippen molar-refractivity contribution in [2.45, 2.75) is 39.3 Å². The average Bonchev–Trinajstić information content (AvgIpc) is 2.98. The molecule has 0 N–H and O–H groups in total. The fourth-order valence-electron chi connectivity index (χ4n) is 2.81. The van der Waals surface area contributed by atoms with E-state index in [4.69, 9.17) is 4.52 Å². The molecule has 3 rings (SSSR count). The molecule has 0 amide bonds. The van der Waals surface area contributed by atoms with E-state index in [-0.39, 0.29) is 0 Å². The lowest BCUT2D eigenvalue weighted by molar-refractivity contribution is 0.154. The Bertz CT molecular complexity index is 531. The second-order valence-electron chi connectivity index (χ2n) is 4.88. The molecule has 0 aromatic carbocycles. The number of aromatic nitrogens is 1. The summed E-state index contributed by atoms with van der Waals surface area (Å²) in [5.41, 5.74) is 2.48. The van der Waals surface area contributed by atoms with Crippen LogP contribution in [0, 0.1) is 6.92 Å². The van der Waals surface area contributed by atoms with Gasteiger partial charge in [0.25, 0.3) is 0 Å². The molecular weight excluding hydrogens is 244 g/mol. The lowest BCUT2D eigenvalue weighted by Gasteiger charge is -2.34. The minimum Gasteiger partial charge on any atom is -0.360 e. The van der Waals surface area contributed by atoms with Crippen LogP contribution in [0.3, 0.4) is 0 Å². The first-order valence-corrected chi connectivity index (χ1v) is 7.38. The van der Waals surface area contributed by atoms with Crippen molar-refractivity contribution in [3.05, 3.63) is 39.4 Å². The maximum Gasteiger partial charge on any atom is 0.150 e. The van der Waals surface area contributed by atoms with Gasteiger partial charge in [0.1, 0.15) is 0 Å². The number of rotatable bonds is 3. The monoisotopic (exact) mass is 262 g/mol. The SMILES string of the molecule is CCC1c2ccsc2CCN1Cc1cc(C)no1. The topological polar surface area (TPSA) is 29.3 Å². The zero-order chi connectivity index (χ0) is 12.5. The van der Waals surface area contributed by atoms with Crippen LogP contribution in [0.15, 0.2) is 22.0 Å². The maximum absolute atomic E-state index is 5.34. The van der Waals surface area contributed by atoms with E-state index in [0.717, 1.165) is 37.4 Å². The Labute approximate surface area is 111 Å². The van der Waals surface area contributed by atoms with Crippen LogP contribution in [0.1, 0.15) is 41.3 Å². The van der Waals surface area contributed by atoms with Gasteiger partial charge in [0, 0.05) is 23.5 Å². The summed E-state index contributed by atoms with van der Waals surface area (Å²) in [4.78, 5) is 4.07. The van der Waals surface area contributed by atoms with E-state index in [9.17, 15) is 0 Å². The third kappa shape index (κ3) is 2.10. The predicted molar refractivity (Wildman–Crippen MR) is 72.7 cm³/mol. The highest BCUT2D eigenvalue weighted by molar-refractivity contribution is 7.10. The van der Waals surface area contributed by atoms with Crippen molar-refractivity contribution in [2.24, 2.45) is 0 Å². The number of fused-ring (bicyclic) bond motifs is 1. The van der Waals surface area contributed by atoms with Crippen LogP contribution >= 0.6 is 11.3 Å². The molecule has 3 heterocycles. The molecule has 18 heavy (non-hydrogen) atoms. The number of hydrogen-bond donors (Lipinski definition) is 0. The summed E-state index contributed by atoms with van der Waals surface area (Å²) in [5.74, 6) is 0.977. The summed E-state index contributed by atoms with van der Waals surface area (Å²) in [5, 5.41) is 6.19. The molecule has 0 saturated heterocycles. The summed E-state index contributed by atoms with van der Waals surface area (Å²) in [6.45, 7) is 6.22. The fraction of sp³-hybridized carbons (Fsp3) is 0.500. The maximum atomic E-state index is 5.34. The van der Waals surface area contributed by atoms with Crippen molar-refractivity contribution < 1.29 is 4.52 Å². The van der Waals surface area contributed by atoms with Gasteiger partial charge >= 0.3 is 0 Å². The van der Waals surface area contributed by atoms with Crippen molar-refractivity contribution >= 4 is 11.3 Å². The second-order valence-corrected chi connectivity index (χ2v) is 5.88. The van der Waals surface area contributed by atoms with Crippen LogP contribution in [0.5, 0.6) is 0 Å². The van der Waals surface area contributed by atoms with Crippen LogP contribution in [0.2, 0.25) is 0 Å². The molecule has 4 heteroatoms. The Kier molecular flexibility index (Phi) is 3.22. The summed E-state index contributed by atoms with van der Waals surface area (Å²) < 4.78 is 5.34. The third-order valence-corrected chi connectivity index (χ3v) is 4.62. The third-order valence-electron chi connectivity index (χ3n) is 3.63. The molecule has 0 aliphatic carbocycles. The first kappa shape index (κ1) is 11.9. The summed E-state index contributed by atoms with van der Waals surface area (Å²) in [6, 6.07) is 4.85. The van der Waals surface area contributed by atoms with Gasteiger partial charge in [0.2, 0.25) is 0 Å². The zero-order valence-electron chi connectivity index (χ0n) is 10.8. The van der Waals surface area contributed by atoms with E-state index in [1.807, 2.05) is 24.3 Å². The van der Waals surface area contributed by atoms with Gasteiger partial charge in [-0.1, -0.05) is 12.1 Å². The van der Waals surface area contributed by atoms with Crippen LogP contribution in [-0.2, 0) is 13.0 Å². The van der Waals surface area contributed by atoms with E-state index in [2.05, 4.69) is 28.4 Å². The Morgan fingerprint density at radius 1 is 1.56 bits per heavy atom. The van der Waals surface area contributed by atoms with Gasteiger partial charge in [-0.2, -0.15) is 0 Å². The van der Waals surface area contributed by atoms with E-state index in [1.54, 1.807) is 4.88 Å². The standard InChI is InChI=1S/C14H18N2OS/c1-3-13-12-5-7-18-14(12)4-6-16(13)9-11-8-10(2)15-17-11/h5,7-8,13H,3-4,6,9H2,1-2H3. The smallest absolute Gasteiger partial charge is 0.150 e. The van der Waals surface area contributed by atoms with E-state index in [0.29, 0.717) is 6.04 Å². The highest BCUT2D eigenvalue weighted by Gasteiger charge is 2.27. The van der Waals surface area contributed by atoms with Crippen molar-refractivity contribution in [1.82, 2.24) is 10.1 Å². The molecule has 0 bridgehead atoms. The molecule has 0 saturated carbocycles. The normalized spacial score (nSPS) is 20.0. The fourth-order valence-corrected chi connectivity index (χ4v) is 3.73. The summed E-state index contributed by atoms with van der Waals surface area (Å²) in [7, 11) is 0. The highest BCUT2D eigenvalue weighted by Crippen LogP contribution is 2.35. The van der Waals surface area contributed by atoms with Gasteiger partial charge in [0.15, 0.2) is 5.76 Å². The van der Waals surface area contributed by atoms with E-state index < -0.39 is 0 Å². The number of aryl methyl sites for hydroxylation is 1. The molecular formula is C14H18N2OS. The van der Waals surface area contributed by atoms with Crippen molar-refractivity contribution in [2.75, 3.05) is 6.54 Å². The van der Waals surface area contributed by atoms with Gasteiger partial charge < -0.3 is 4.52 Å². The minimum atomic E-state index is 0.533. The molecule has 1 unspecified atom stereocenters. The molecule has 3 nitrogen and oxygen atoms in total. The van der Waals surface area contributed by atoms with Gasteiger partial charge in [0.05, 0.1) is 12.2 Å². The van der Waals surface area contributed by atoms with Crippen LogP contribution < -0.4 is 0 Å². The molecule has 2 aromatic heterocycles. The molecule has 1 aliphatic rings.